The Morgan fingerprint density at radius 2 is 1.68 bits per heavy atom. The highest BCUT2D eigenvalue weighted by Crippen LogP contribution is 2.15. The van der Waals surface area contributed by atoms with E-state index < -0.39 is 0 Å². The summed E-state index contributed by atoms with van der Waals surface area (Å²) < 4.78 is 12.9. The van der Waals surface area contributed by atoms with Crippen molar-refractivity contribution in [3.05, 3.63) is 59.9 Å². The molecule has 0 atom stereocenters. The molecule has 0 aliphatic carbocycles. The summed E-state index contributed by atoms with van der Waals surface area (Å²) in [4.78, 5) is 24.2. The summed E-state index contributed by atoms with van der Waals surface area (Å²) in [6.07, 6.45) is 4.65. The molecule has 2 aromatic rings. The summed E-state index contributed by atoms with van der Waals surface area (Å²) in [5, 5.41) is 5.51. The molecule has 0 unspecified atom stereocenters. The van der Waals surface area contributed by atoms with Crippen molar-refractivity contribution < 1.29 is 14.0 Å². The highest BCUT2D eigenvalue weighted by atomic mass is 19.1. The van der Waals surface area contributed by atoms with E-state index in [0.29, 0.717) is 23.4 Å². The highest BCUT2D eigenvalue weighted by Gasteiger charge is 2.08. The SMILES string of the molecule is CCCCCCC(=O)Nc1cccc(C(=O)Nc2ccc(F)cc2)c1. The van der Waals surface area contributed by atoms with Gasteiger partial charge in [-0.15, -0.1) is 0 Å². The quantitative estimate of drug-likeness (QED) is 0.664. The van der Waals surface area contributed by atoms with Crippen molar-refractivity contribution in [1.29, 1.82) is 0 Å². The lowest BCUT2D eigenvalue weighted by molar-refractivity contribution is -0.116. The lowest BCUT2D eigenvalue weighted by Crippen LogP contribution is -2.14. The highest BCUT2D eigenvalue weighted by molar-refractivity contribution is 6.05. The Morgan fingerprint density at radius 3 is 2.40 bits per heavy atom. The molecule has 0 fully saturated rings. The first kappa shape index (κ1) is 18.6. The van der Waals surface area contributed by atoms with Crippen LogP contribution in [0.25, 0.3) is 0 Å². The molecular weight excluding hydrogens is 319 g/mol. The Hall–Kier alpha value is -2.69. The van der Waals surface area contributed by atoms with Gasteiger partial charge in [0, 0.05) is 23.4 Å². The van der Waals surface area contributed by atoms with Gasteiger partial charge in [-0.2, -0.15) is 0 Å². The Morgan fingerprint density at radius 1 is 0.920 bits per heavy atom. The van der Waals surface area contributed by atoms with Gasteiger partial charge in [0.15, 0.2) is 0 Å². The van der Waals surface area contributed by atoms with Crippen LogP contribution in [0.1, 0.15) is 49.4 Å². The fourth-order valence-electron chi connectivity index (χ4n) is 2.41. The molecule has 2 rings (SSSR count). The minimum Gasteiger partial charge on any atom is -0.326 e. The fourth-order valence-corrected chi connectivity index (χ4v) is 2.41. The zero-order valence-electron chi connectivity index (χ0n) is 14.3. The molecule has 0 radical (unpaired) electrons. The molecule has 5 heteroatoms. The van der Waals surface area contributed by atoms with E-state index in [2.05, 4.69) is 17.6 Å². The summed E-state index contributed by atoms with van der Waals surface area (Å²) in [5.41, 5.74) is 1.53. The van der Waals surface area contributed by atoms with Crippen molar-refractivity contribution in [2.75, 3.05) is 10.6 Å². The van der Waals surface area contributed by atoms with Crippen LogP contribution in [-0.4, -0.2) is 11.8 Å². The van der Waals surface area contributed by atoms with Gasteiger partial charge in [0.1, 0.15) is 5.82 Å². The van der Waals surface area contributed by atoms with E-state index in [-0.39, 0.29) is 17.6 Å². The molecule has 4 nitrogen and oxygen atoms in total. The number of carbonyl (C=O) groups is 2. The molecule has 2 aromatic carbocycles. The zero-order valence-corrected chi connectivity index (χ0v) is 14.3. The second-order valence-electron chi connectivity index (χ2n) is 5.90. The standard InChI is InChI=1S/C20H23FN2O2/c1-2-3-4-5-9-19(24)22-18-8-6-7-15(14-18)20(25)23-17-12-10-16(21)11-13-17/h6-8,10-14H,2-5,9H2,1H3,(H,22,24)(H,23,25). The van der Waals surface area contributed by atoms with Crippen LogP contribution in [0.5, 0.6) is 0 Å². The zero-order chi connectivity index (χ0) is 18.1. The van der Waals surface area contributed by atoms with Crippen LogP contribution >= 0.6 is 0 Å². The van der Waals surface area contributed by atoms with Gasteiger partial charge in [0.05, 0.1) is 0 Å². The molecule has 0 saturated carbocycles. The molecule has 0 saturated heterocycles. The lowest BCUT2D eigenvalue weighted by Gasteiger charge is -2.08. The number of unbranched alkanes of at least 4 members (excludes halogenated alkanes) is 3. The van der Waals surface area contributed by atoms with Gasteiger partial charge < -0.3 is 10.6 Å². The molecule has 25 heavy (non-hydrogen) atoms. The van der Waals surface area contributed by atoms with Crippen molar-refractivity contribution in [1.82, 2.24) is 0 Å². The van der Waals surface area contributed by atoms with E-state index in [1.54, 1.807) is 24.3 Å². The fraction of sp³-hybridized carbons (Fsp3) is 0.300. The smallest absolute Gasteiger partial charge is 0.255 e. The van der Waals surface area contributed by atoms with E-state index >= 15 is 0 Å². The van der Waals surface area contributed by atoms with Crippen molar-refractivity contribution in [2.24, 2.45) is 0 Å². The van der Waals surface area contributed by atoms with Crippen molar-refractivity contribution in [2.45, 2.75) is 39.0 Å². The second kappa shape index (κ2) is 9.57. The first-order chi connectivity index (χ1) is 12.1. The molecule has 0 heterocycles. The topological polar surface area (TPSA) is 58.2 Å². The molecule has 2 amide bonds. The Bertz CT molecular complexity index is 714. The van der Waals surface area contributed by atoms with E-state index in [1.807, 2.05) is 0 Å². The largest absolute Gasteiger partial charge is 0.326 e. The predicted molar refractivity (Wildman–Crippen MR) is 98.2 cm³/mol. The average Bonchev–Trinajstić information content (AvgIpc) is 2.61. The third-order valence-electron chi connectivity index (χ3n) is 3.77. The van der Waals surface area contributed by atoms with Crippen molar-refractivity contribution in [3.8, 4) is 0 Å². The van der Waals surface area contributed by atoms with E-state index in [1.165, 1.54) is 24.3 Å². The molecular formula is C20H23FN2O2. The Kier molecular flexibility index (Phi) is 7.14. The van der Waals surface area contributed by atoms with Crippen LogP contribution < -0.4 is 10.6 Å². The second-order valence-corrected chi connectivity index (χ2v) is 5.90. The predicted octanol–water partition coefficient (Wildman–Crippen LogP) is 4.99. The summed E-state index contributed by atoms with van der Waals surface area (Å²) in [6.45, 7) is 2.13. The lowest BCUT2D eigenvalue weighted by atomic mass is 10.1. The van der Waals surface area contributed by atoms with Crippen LogP contribution in [0.2, 0.25) is 0 Å². The van der Waals surface area contributed by atoms with Gasteiger partial charge in [-0.3, -0.25) is 9.59 Å². The monoisotopic (exact) mass is 342 g/mol. The summed E-state index contributed by atoms with van der Waals surface area (Å²) in [5.74, 6) is -0.723. The molecule has 0 spiro atoms. The molecule has 0 aliphatic heterocycles. The van der Waals surface area contributed by atoms with Crippen LogP contribution in [0.3, 0.4) is 0 Å². The molecule has 132 valence electrons. The summed E-state index contributed by atoms with van der Waals surface area (Å²) in [7, 11) is 0. The van der Waals surface area contributed by atoms with Gasteiger partial charge in [-0.1, -0.05) is 32.3 Å². The van der Waals surface area contributed by atoms with E-state index in [9.17, 15) is 14.0 Å². The minimum absolute atomic E-state index is 0.0489. The molecule has 0 bridgehead atoms. The number of hydrogen-bond acceptors (Lipinski definition) is 2. The van der Waals surface area contributed by atoms with Gasteiger partial charge >= 0.3 is 0 Å². The number of halogens is 1. The van der Waals surface area contributed by atoms with E-state index in [0.717, 1.165) is 25.7 Å². The number of nitrogens with one attached hydrogen (secondary N) is 2. The van der Waals surface area contributed by atoms with Crippen LogP contribution in [0.4, 0.5) is 15.8 Å². The Balaban J connectivity index is 1.92. The minimum atomic E-state index is -0.360. The summed E-state index contributed by atoms with van der Waals surface area (Å²) >= 11 is 0. The van der Waals surface area contributed by atoms with Crippen LogP contribution in [0.15, 0.2) is 48.5 Å². The van der Waals surface area contributed by atoms with Crippen molar-refractivity contribution in [3.63, 3.8) is 0 Å². The molecule has 0 aromatic heterocycles. The molecule has 2 N–H and O–H groups in total. The van der Waals surface area contributed by atoms with Gasteiger partial charge in [-0.25, -0.2) is 4.39 Å². The number of amides is 2. The average molecular weight is 342 g/mol. The van der Waals surface area contributed by atoms with Crippen LogP contribution in [0, 0.1) is 5.82 Å². The molecule has 0 aliphatic rings. The number of rotatable bonds is 8. The maximum Gasteiger partial charge on any atom is 0.255 e. The van der Waals surface area contributed by atoms with Crippen molar-refractivity contribution >= 4 is 23.2 Å². The maximum absolute atomic E-state index is 12.9. The maximum atomic E-state index is 12.9. The van der Waals surface area contributed by atoms with Gasteiger partial charge in [0.2, 0.25) is 5.91 Å². The Labute approximate surface area is 147 Å². The number of carbonyl (C=O) groups excluding carboxylic acids is 2. The first-order valence-electron chi connectivity index (χ1n) is 8.55. The van der Waals surface area contributed by atoms with Gasteiger partial charge in [-0.05, 0) is 48.9 Å². The normalized spacial score (nSPS) is 10.3. The van der Waals surface area contributed by atoms with E-state index in [4.69, 9.17) is 0 Å². The number of benzene rings is 2. The summed E-state index contributed by atoms with van der Waals surface area (Å²) in [6, 6.07) is 12.3. The van der Waals surface area contributed by atoms with Gasteiger partial charge in [0.25, 0.3) is 5.91 Å². The number of hydrogen-bond donors (Lipinski definition) is 2. The third-order valence-corrected chi connectivity index (χ3v) is 3.77. The third kappa shape index (κ3) is 6.37. The number of anilines is 2. The van der Waals surface area contributed by atoms with Crippen LogP contribution in [-0.2, 0) is 4.79 Å². The first-order valence-corrected chi connectivity index (χ1v) is 8.55.